The van der Waals surface area contributed by atoms with Gasteiger partial charge < -0.3 is 0 Å². The summed E-state index contributed by atoms with van der Waals surface area (Å²) in [5.74, 6) is 0. The second-order valence-electron chi connectivity index (χ2n) is 3.52. The molecule has 0 unspecified atom stereocenters. The molecule has 0 radical (unpaired) electrons. The smallest absolute Gasteiger partial charge is 0.0160 e. The first-order valence-electron chi connectivity index (χ1n) is 5.65. The molecule has 1 fully saturated rings. The summed E-state index contributed by atoms with van der Waals surface area (Å²) in [6.45, 7) is 8.80. The predicted octanol–water partition coefficient (Wildman–Crippen LogP) is 3.46. The van der Waals surface area contributed by atoms with Gasteiger partial charge in [-0.2, -0.15) is 0 Å². The molecule has 0 spiro atoms. The van der Waals surface area contributed by atoms with E-state index in [1.165, 1.54) is 32.1 Å². The van der Waals surface area contributed by atoms with Gasteiger partial charge in [0, 0.05) is 12.6 Å². The van der Waals surface area contributed by atoms with Crippen molar-refractivity contribution in [1.82, 2.24) is 4.90 Å². The number of rotatable bonds is 3. The van der Waals surface area contributed by atoms with E-state index >= 15 is 0 Å². The van der Waals surface area contributed by atoms with Crippen molar-refractivity contribution in [2.75, 3.05) is 13.6 Å². The van der Waals surface area contributed by atoms with E-state index in [2.05, 4.69) is 18.5 Å². The molecule has 1 heteroatoms. The van der Waals surface area contributed by atoms with Crippen molar-refractivity contribution < 1.29 is 0 Å². The lowest BCUT2D eigenvalue weighted by molar-refractivity contribution is 0.209. The molecule has 13 heavy (non-hydrogen) atoms. The Kier molecular flexibility index (Phi) is 8.11. The number of hydrogen-bond donors (Lipinski definition) is 0. The molecule has 0 aromatic rings. The molecule has 0 atom stereocenters. The Labute approximate surface area is 83.8 Å². The molecule has 0 aromatic heterocycles. The molecule has 1 nitrogen and oxygen atoms in total. The van der Waals surface area contributed by atoms with Crippen molar-refractivity contribution in [3.8, 4) is 0 Å². The molecule has 1 rings (SSSR count). The largest absolute Gasteiger partial charge is 0.300 e. The number of nitrogens with zero attached hydrogens (tertiary/aromatic N) is 1. The van der Waals surface area contributed by atoms with Gasteiger partial charge >= 0.3 is 0 Å². The molecule has 78 valence electrons. The first-order valence-corrected chi connectivity index (χ1v) is 5.65. The summed E-state index contributed by atoms with van der Waals surface area (Å²) >= 11 is 0. The fourth-order valence-corrected chi connectivity index (χ4v) is 1.87. The maximum atomic E-state index is 3.75. The molecule has 1 aliphatic rings. The Morgan fingerprint density at radius 1 is 1.23 bits per heavy atom. The van der Waals surface area contributed by atoms with E-state index < -0.39 is 0 Å². The van der Waals surface area contributed by atoms with Crippen LogP contribution in [0.4, 0.5) is 0 Å². The van der Waals surface area contributed by atoms with Crippen LogP contribution in [0.2, 0.25) is 0 Å². The van der Waals surface area contributed by atoms with Gasteiger partial charge in [-0.1, -0.05) is 39.2 Å². The highest BCUT2D eigenvalue weighted by molar-refractivity contribution is 4.79. The van der Waals surface area contributed by atoms with Crippen LogP contribution < -0.4 is 0 Å². The topological polar surface area (TPSA) is 3.24 Å². The van der Waals surface area contributed by atoms with E-state index in [-0.39, 0.29) is 0 Å². The molecular weight excluding hydrogens is 158 g/mol. The summed E-state index contributed by atoms with van der Waals surface area (Å²) < 4.78 is 0. The van der Waals surface area contributed by atoms with E-state index in [0.29, 0.717) is 0 Å². The highest BCUT2D eigenvalue weighted by Gasteiger charge is 2.16. The van der Waals surface area contributed by atoms with E-state index in [1.54, 1.807) is 0 Å². The normalized spacial score (nSPS) is 17.8. The Morgan fingerprint density at radius 3 is 2.23 bits per heavy atom. The second kappa shape index (κ2) is 8.31. The molecule has 0 aliphatic heterocycles. The van der Waals surface area contributed by atoms with Crippen LogP contribution in [0.25, 0.3) is 0 Å². The quantitative estimate of drug-likeness (QED) is 0.606. The molecule has 0 N–H and O–H groups in total. The van der Waals surface area contributed by atoms with Crippen LogP contribution in [0, 0.1) is 0 Å². The Bertz CT molecular complexity index is 114. The van der Waals surface area contributed by atoms with E-state index in [4.69, 9.17) is 0 Å². The summed E-state index contributed by atoms with van der Waals surface area (Å²) in [6.07, 6.45) is 9.07. The van der Waals surface area contributed by atoms with Crippen molar-refractivity contribution in [2.45, 2.75) is 52.0 Å². The Morgan fingerprint density at radius 2 is 1.77 bits per heavy atom. The minimum atomic E-state index is 0.835. The van der Waals surface area contributed by atoms with Crippen LogP contribution in [0.15, 0.2) is 12.7 Å². The van der Waals surface area contributed by atoms with Crippen molar-refractivity contribution in [1.29, 1.82) is 0 Å². The summed E-state index contributed by atoms with van der Waals surface area (Å²) in [5.41, 5.74) is 0. The molecule has 1 saturated carbocycles. The lowest BCUT2D eigenvalue weighted by atomic mass is 9.94. The number of likely N-dealkylation sites (N-methyl/N-ethyl adjacent to an activating group) is 1. The van der Waals surface area contributed by atoms with Crippen LogP contribution in [0.1, 0.15) is 46.0 Å². The van der Waals surface area contributed by atoms with E-state index in [9.17, 15) is 0 Å². The van der Waals surface area contributed by atoms with Crippen molar-refractivity contribution in [3.05, 3.63) is 12.7 Å². The first kappa shape index (κ1) is 12.7. The molecule has 0 saturated heterocycles. The third-order valence-electron chi connectivity index (χ3n) is 2.62. The second-order valence-corrected chi connectivity index (χ2v) is 3.52. The van der Waals surface area contributed by atoms with Crippen LogP contribution in [0.3, 0.4) is 0 Å². The average molecular weight is 183 g/mol. The third-order valence-corrected chi connectivity index (χ3v) is 2.62. The fourth-order valence-electron chi connectivity index (χ4n) is 1.87. The van der Waals surface area contributed by atoms with Crippen LogP contribution in [-0.4, -0.2) is 24.5 Å². The van der Waals surface area contributed by atoms with Gasteiger partial charge in [0.2, 0.25) is 0 Å². The highest BCUT2D eigenvalue weighted by atomic mass is 15.1. The maximum Gasteiger partial charge on any atom is 0.0160 e. The number of hydrogen-bond acceptors (Lipinski definition) is 1. The summed E-state index contributed by atoms with van der Waals surface area (Å²) in [7, 11) is 2.21. The van der Waals surface area contributed by atoms with Crippen molar-refractivity contribution in [3.63, 3.8) is 0 Å². The van der Waals surface area contributed by atoms with Gasteiger partial charge in [-0.25, -0.2) is 0 Å². The van der Waals surface area contributed by atoms with Crippen LogP contribution in [0.5, 0.6) is 0 Å². The molecule has 0 bridgehead atoms. The maximum absolute atomic E-state index is 3.75. The first-order chi connectivity index (χ1) is 6.34. The lowest BCUT2D eigenvalue weighted by Gasteiger charge is -2.30. The van der Waals surface area contributed by atoms with Gasteiger partial charge in [0.25, 0.3) is 0 Å². The zero-order chi connectivity index (χ0) is 10.1. The van der Waals surface area contributed by atoms with Gasteiger partial charge in [0.15, 0.2) is 0 Å². The van der Waals surface area contributed by atoms with Gasteiger partial charge in [-0.3, -0.25) is 4.90 Å². The summed E-state index contributed by atoms with van der Waals surface area (Å²) in [4.78, 5) is 2.42. The highest BCUT2D eigenvalue weighted by Crippen LogP contribution is 2.21. The summed E-state index contributed by atoms with van der Waals surface area (Å²) in [5, 5.41) is 0. The van der Waals surface area contributed by atoms with Crippen LogP contribution >= 0.6 is 0 Å². The molecule has 0 amide bonds. The van der Waals surface area contributed by atoms with Crippen molar-refractivity contribution in [2.24, 2.45) is 0 Å². The standard InChI is InChI=1S/C10H19N.C2H6/c1-3-9-11(2)10-7-5-4-6-8-10;1-2/h3,10H,1,4-9H2,2H3;1-2H3. The monoisotopic (exact) mass is 183 g/mol. The Balaban J connectivity index is 0.000000671. The molecule has 0 aromatic carbocycles. The molecule has 1 aliphatic carbocycles. The Hall–Kier alpha value is -0.300. The van der Waals surface area contributed by atoms with Gasteiger partial charge in [-0.05, 0) is 19.9 Å². The predicted molar refractivity (Wildman–Crippen MR) is 61.0 cm³/mol. The third kappa shape index (κ3) is 5.09. The zero-order valence-corrected chi connectivity index (χ0v) is 9.55. The van der Waals surface area contributed by atoms with E-state index in [1.807, 2.05) is 19.9 Å². The van der Waals surface area contributed by atoms with Crippen LogP contribution in [-0.2, 0) is 0 Å². The molecule has 0 heterocycles. The minimum absolute atomic E-state index is 0.835. The van der Waals surface area contributed by atoms with Crippen molar-refractivity contribution >= 4 is 0 Å². The minimum Gasteiger partial charge on any atom is -0.300 e. The average Bonchev–Trinajstić information content (AvgIpc) is 2.23. The zero-order valence-electron chi connectivity index (χ0n) is 9.55. The molecular formula is C12H25N. The SMILES string of the molecule is C=CCN(C)C1CCCCC1.CC. The summed E-state index contributed by atoms with van der Waals surface area (Å²) in [6, 6.07) is 0.835. The van der Waals surface area contributed by atoms with Gasteiger partial charge in [0.05, 0.1) is 0 Å². The van der Waals surface area contributed by atoms with Gasteiger partial charge in [0.1, 0.15) is 0 Å². The lowest BCUT2D eigenvalue weighted by Crippen LogP contribution is -2.33. The van der Waals surface area contributed by atoms with E-state index in [0.717, 1.165) is 12.6 Å². The fraction of sp³-hybridized carbons (Fsp3) is 0.833. The van der Waals surface area contributed by atoms with Gasteiger partial charge in [-0.15, -0.1) is 6.58 Å².